The van der Waals surface area contributed by atoms with E-state index in [1.54, 1.807) is 0 Å². The van der Waals surface area contributed by atoms with Crippen LogP contribution < -0.4 is 0 Å². The van der Waals surface area contributed by atoms with Crippen molar-refractivity contribution in [1.29, 1.82) is 0 Å². The highest BCUT2D eigenvalue weighted by Gasteiger charge is 2.25. The van der Waals surface area contributed by atoms with E-state index in [9.17, 15) is 10.2 Å². The molecule has 2 aliphatic heterocycles. The van der Waals surface area contributed by atoms with Gasteiger partial charge in [-0.25, -0.2) is 0 Å². The molecule has 0 spiro atoms. The molecule has 0 aromatic heterocycles. The largest absolute Gasteiger partial charge is 0.396 e. The van der Waals surface area contributed by atoms with E-state index in [-0.39, 0.29) is 36.3 Å². The van der Waals surface area contributed by atoms with E-state index >= 15 is 0 Å². The summed E-state index contributed by atoms with van der Waals surface area (Å²) in [6, 6.07) is 0. The van der Waals surface area contributed by atoms with Crippen LogP contribution in [0.3, 0.4) is 0 Å². The lowest BCUT2D eigenvalue weighted by atomic mass is 9.87. The van der Waals surface area contributed by atoms with Gasteiger partial charge in [-0.2, -0.15) is 0 Å². The van der Waals surface area contributed by atoms with Gasteiger partial charge in [0.15, 0.2) is 0 Å². The maximum atomic E-state index is 9.42. The maximum Gasteiger partial charge on any atom is 0.0760 e. The molecular formula is C26H48O4. The van der Waals surface area contributed by atoms with Crippen LogP contribution in [0, 0.1) is 10.8 Å². The SMILES string of the molecule is CC(C)(CO)CCCC1CCCC(/C=C/C2CCCC(CCCC(C)(C)CO)O2)O1. The summed E-state index contributed by atoms with van der Waals surface area (Å²) in [6.45, 7) is 9.03. The Morgan fingerprint density at radius 2 is 1.10 bits per heavy atom. The molecule has 4 heteroatoms. The summed E-state index contributed by atoms with van der Waals surface area (Å²) in [5.41, 5.74) is 0.0490. The predicted molar refractivity (Wildman–Crippen MR) is 124 cm³/mol. The van der Waals surface area contributed by atoms with Gasteiger partial charge >= 0.3 is 0 Å². The average molecular weight is 425 g/mol. The van der Waals surface area contributed by atoms with Gasteiger partial charge in [-0.1, -0.05) is 52.7 Å². The molecule has 0 amide bonds. The molecule has 0 bridgehead atoms. The van der Waals surface area contributed by atoms with E-state index in [4.69, 9.17) is 9.47 Å². The summed E-state index contributed by atoms with van der Waals surface area (Å²) in [5, 5.41) is 18.8. The second-order valence-corrected chi connectivity index (χ2v) is 11.3. The minimum absolute atomic E-state index is 0.0245. The van der Waals surface area contributed by atoms with Crippen molar-refractivity contribution in [2.75, 3.05) is 13.2 Å². The summed E-state index contributed by atoms with van der Waals surface area (Å²) in [4.78, 5) is 0. The molecule has 2 fully saturated rings. The zero-order valence-electron chi connectivity index (χ0n) is 20.1. The van der Waals surface area contributed by atoms with Gasteiger partial charge in [0.25, 0.3) is 0 Å². The molecule has 0 aromatic rings. The summed E-state index contributed by atoms with van der Waals surface area (Å²) < 4.78 is 12.7. The quantitative estimate of drug-likeness (QED) is 0.389. The van der Waals surface area contributed by atoms with Gasteiger partial charge in [0.05, 0.1) is 24.4 Å². The Hall–Kier alpha value is -0.420. The molecule has 0 aromatic carbocycles. The van der Waals surface area contributed by atoms with E-state index in [1.165, 1.54) is 12.8 Å². The number of rotatable bonds is 12. The third kappa shape index (κ3) is 9.80. The van der Waals surface area contributed by atoms with Crippen LogP contribution in [0.25, 0.3) is 0 Å². The van der Waals surface area contributed by atoms with Crippen LogP contribution in [-0.2, 0) is 9.47 Å². The van der Waals surface area contributed by atoms with Gasteiger partial charge < -0.3 is 19.7 Å². The second-order valence-electron chi connectivity index (χ2n) is 11.3. The lowest BCUT2D eigenvalue weighted by Crippen LogP contribution is -2.29. The number of aliphatic hydroxyl groups excluding tert-OH is 2. The fourth-order valence-electron chi connectivity index (χ4n) is 4.59. The van der Waals surface area contributed by atoms with Gasteiger partial charge in [-0.15, -0.1) is 0 Å². The molecule has 0 saturated carbocycles. The van der Waals surface area contributed by atoms with E-state index < -0.39 is 0 Å². The highest BCUT2D eigenvalue weighted by molar-refractivity contribution is 4.98. The summed E-state index contributed by atoms with van der Waals surface area (Å²) in [6.07, 6.45) is 19.2. The van der Waals surface area contributed by atoms with Crippen LogP contribution in [0.2, 0.25) is 0 Å². The minimum Gasteiger partial charge on any atom is -0.396 e. The average Bonchev–Trinajstić information content (AvgIpc) is 2.73. The van der Waals surface area contributed by atoms with Gasteiger partial charge in [0.2, 0.25) is 0 Å². The zero-order valence-corrected chi connectivity index (χ0v) is 20.1. The Morgan fingerprint density at radius 1 is 0.700 bits per heavy atom. The molecule has 4 atom stereocenters. The molecule has 0 radical (unpaired) electrons. The first-order valence-electron chi connectivity index (χ1n) is 12.4. The van der Waals surface area contributed by atoms with Crippen LogP contribution in [0.15, 0.2) is 12.2 Å². The molecule has 2 saturated heterocycles. The van der Waals surface area contributed by atoms with E-state index in [0.29, 0.717) is 12.2 Å². The van der Waals surface area contributed by atoms with Crippen LogP contribution in [-0.4, -0.2) is 47.8 Å². The van der Waals surface area contributed by atoms with Crippen LogP contribution >= 0.6 is 0 Å². The van der Waals surface area contributed by atoms with Crippen molar-refractivity contribution in [3.63, 3.8) is 0 Å². The number of ether oxygens (including phenoxy) is 2. The normalized spacial score (nSPS) is 28.9. The fraction of sp³-hybridized carbons (Fsp3) is 0.923. The molecule has 4 unspecified atom stereocenters. The van der Waals surface area contributed by atoms with Gasteiger partial charge in [-0.05, 0) is 75.0 Å². The second kappa shape index (κ2) is 12.6. The molecular weight excluding hydrogens is 376 g/mol. The summed E-state index contributed by atoms with van der Waals surface area (Å²) >= 11 is 0. The smallest absolute Gasteiger partial charge is 0.0760 e. The van der Waals surface area contributed by atoms with E-state index in [0.717, 1.165) is 64.2 Å². The first-order valence-corrected chi connectivity index (χ1v) is 12.4. The van der Waals surface area contributed by atoms with Crippen LogP contribution in [0.1, 0.15) is 105 Å². The highest BCUT2D eigenvalue weighted by Crippen LogP contribution is 2.29. The predicted octanol–water partition coefficient (Wildman–Crippen LogP) is 5.80. The van der Waals surface area contributed by atoms with Gasteiger partial charge in [0.1, 0.15) is 0 Å². The van der Waals surface area contributed by atoms with Crippen molar-refractivity contribution >= 4 is 0 Å². The van der Waals surface area contributed by atoms with Crippen molar-refractivity contribution in [1.82, 2.24) is 0 Å². The van der Waals surface area contributed by atoms with E-state index in [1.807, 2.05) is 0 Å². The molecule has 30 heavy (non-hydrogen) atoms. The molecule has 0 aliphatic carbocycles. The Labute approximate surface area is 185 Å². The Balaban J connectivity index is 1.70. The molecule has 4 nitrogen and oxygen atoms in total. The van der Waals surface area contributed by atoms with Crippen molar-refractivity contribution in [2.45, 2.75) is 129 Å². The molecule has 2 heterocycles. The lowest BCUT2D eigenvalue weighted by Gasteiger charge is -2.31. The van der Waals surface area contributed by atoms with Crippen molar-refractivity contribution in [2.24, 2.45) is 10.8 Å². The number of hydrogen-bond acceptors (Lipinski definition) is 4. The summed E-state index contributed by atoms with van der Waals surface area (Å²) in [7, 11) is 0. The summed E-state index contributed by atoms with van der Waals surface area (Å²) in [5.74, 6) is 0. The molecule has 2 rings (SSSR count). The van der Waals surface area contributed by atoms with E-state index in [2.05, 4.69) is 39.8 Å². The Bertz CT molecular complexity index is 455. The van der Waals surface area contributed by atoms with Crippen molar-refractivity contribution in [3.05, 3.63) is 12.2 Å². The topological polar surface area (TPSA) is 58.9 Å². The fourth-order valence-corrected chi connectivity index (χ4v) is 4.59. The highest BCUT2D eigenvalue weighted by atomic mass is 16.5. The Kier molecular flexibility index (Phi) is 10.8. The standard InChI is InChI=1S/C26H48O4/c1-25(2,19-27)17-7-13-21-9-5-11-23(29-21)15-16-24-12-6-10-22(30-24)14-8-18-26(3,4)20-28/h15-16,21-24,27-28H,5-14,17-20H2,1-4H3/b16-15+. The molecule has 2 N–H and O–H groups in total. The van der Waals surface area contributed by atoms with Crippen LogP contribution in [0.4, 0.5) is 0 Å². The van der Waals surface area contributed by atoms with Crippen molar-refractivity contribution < 1.29 is 19.7 Å². The number of aliphatic hydroxyl groups is 2. The zero-order chi connectivity index (χ0) is 22.0. The lowest BCUT2D eigenvalue weighted by molar-refractivity contribution is -0.0395. The first-order chi connectivity index (χ1) is 14.2. The van der Waals surface area contributed by atoms with Gasteiger partial charge in [-0.3, -0.25) is 0 Å². The van der Waals surface area contributed by atoms with Crippen molar-refractivity contribution in [3.8, 4) is 0 Å². The third-order valence-corrected chi connectivity index (χ3v) is 6.92. The molecule has 2 aliphatic rings. The van der Waals surface area contributed by atoms with Crippen LogP contribution in [0.5, 0.6) is 0 Å². The van der Waals surface area contributed by atoms with Gasteiger partial charge in [0, 0.05) is 13.2 Å². The first kappa shape index (κ1) is 25.8. The third-order valence-electron chi connectivity index (χ3n) is 6.92. The monoisotopic (exact) mass is 424 g/mol. The minimum atomic E-state index is 0.0245. The Morgan fingerprint density at radius 3 is 1.47 bits per heavy atom. The molecule has 176 valence electrons. The maximum absolute atomic E-state index is 9.42. The number of hydrogen-bond donors (Lipinski definition) is 2.